The third-order valence-corrected chi connectivity index (χ3v) is 5.42. The molecule has 1 saturated carbocycles. The molecule has 3 atom stereocenters. The van der Waals surface area contributed by atoms with Crippen molar-refractivity contribution in [2.24, 2.45) is 5.92 Å². The summed E-state index contributed by atoms with van der Waals surface area (Å²) in [6.45, 7) is 5.34. The van der Waals surface area contributed by atoms with Crippen molar-refractivity contribution in [2.75, 3.05) is 20.2 Å². The van der Waals surface area contributed by atoms with Gasteiger partial charge in [0.15, 0.2) is 0 Å². The molecule has 8 nitrogen and oxygen atoms in total. The van der Waals surface area contributed by atoms with Gasteiger partial charge in [0, 0.05) is 31.7 Å². The van der Waals surface area contributed by atoms with Crippen molar-refractivity contribution in [2.45, 2.75) is 51.7 Å². The number of fused-ring (bicyclic) bond motifs is 1. The molecule has 1 aliphatic rings. The minimum absolute atomic E-state index is 0.0496. The normalized spacial score (nSPS) is 22.2. The van der Waals surface area contributed by atoms with Crippen molar-refractivity contribution in [3.8, 4) is 0 Å². The molecule has 0 saturated heterocycles. The summed E-state index contributed by atoms with van der Waals surface area (Å²) in [6.07, 6.45) is 2.85. The van der Waals surface area contributed by atoms with Crippen LogP contribution < -0.4 is 5.32 Å². The lowest BCUT2D eigenvalue weighted by Gasteiger charge is -2.37. The van der Waals surface area contributed by atoms with Gasteiger partial charge >= 0.3 is 0 Å². The van der Waals surface area contributed by atoms with Gasteiger partial charge in [-0.2, -0.15) is 15.4 Å². The number of benzene rings is 1. The zero-order chi connectivity index (χ0) is 20.1. The number of rotatable bonds is 7. The molecule has 0 aliphatic heterocycles. The summed E-state index contributed by atoms with van der Waals surface area (Å²) in [6, 6.07) is 5.13. The molecular formula is C20H29N5O3. The molecule has 1 aliphatic carbocycles. The topological polar surface area (TPSA) is 100 Å². The zero-order valence-corrected chi connectivity index (χ0v) is 16.8. The summed E-state index contributed by atoms with van der Waals surface area (Å²) in [5.41, 5.74) is 1.92. The van der Waals surface area contributed by atoms with Crippen LogP contribution in [0.25, 0.3) is 11.0 Å². The third-order valence-electron chi connectivity index (χ3n) is 5.42. The number of carbonyl (C=O) groups excluding carboxylic acids is 2. The molecule has 0 unspecified atom stereocenters. The van der Waals surface area contributed by atoms with Crippen LogP contribution in [0.4, 0.5) is 0 Å². The maximum Gasteiger partial charge on any atom is 0.251 e. The summed E-state index contributed by atoms with van der Waals surface area (Å²) >= 11 is 0. The van der Waals surface area contributed by atoms with Gasteiger partial charge in [-0.25, -0.2) is 0 Å². The van der Waals surface area contributed by atoms with Gasteiger partial charge in [0.05, 0.1) is 12.1 Å². The largest absolute Gasteiger partial charge is 0.376 e. The van der Waals surface area contributed by atoms with E-state index in [4.69, 9.17) is 4.74 Å². The highest BCUT2D eigenvalue weighted by molar-refractivity contribution is 5.97. The monoisotopic (exact) mass is 387 g/mol. The summed E-state index contributed by atoms with van der Waals surface area (Å²) < 4.78 is 6.02. The van der Waals surface area contributed by atoms with Crippen LogP contribution in [-0.2, 0) is 9.53 Å². The first-order valence-electron chi connectivity index (χ1n) is 10.0. The Hall–Kier alpha value is -2.48. The summed E-state index contributed by atoms with van der Waals surface area (Å²) in [5.74, 6) is -0.0456. The molecule has 2 aromatic rings. The van der Waals surface area contributed by atoms with Crippen LogP contribution in [0.1, 0.15) is 49.9 Å². The Morgan fingerprint density at radius 3 is 2.79 bits per heavy atom. The molecule has 0 radical (unpaired) electrons. The van der Waals surface area contributed by atoms with E-state index >= 15 is 0 Å². The standard InChI is InChI=1S/C20H29N5O3/c1-4-10-28-18-12-14(20(27)25(3)5-2)7-9-16(18)21-19(26)13-6-8-15-17(11-13)23-24-22-15/h6,8,11,14,16,18H,4-5,7,9-10,12H2,1-3H3,(H,21,26)(H,22,23,24)/t14-,16+,18+/m0/s1. The number of nitrogens with zero attached hydrogens (tertiary/aromatic N) is 3. The Balaban J connectivity index is 1.68. The molecule has 152 valence electrons. The van der Waals surface area contributed by atoms with Gasteiger partial charge < -0.3 is 15.0 Å². The van der Waals surface area contributed by atoms with E-state index in [1.54, 1.807) is 23.1 Å². The van der Waals surface area contributed by atoms with Crippen LogP contribution >= 0.6 is 0 Å². The fourth-order valence-electron chi connectivity index (χ4n) is 3.67. The van der Waals surface area contributed by atoms with Crippen LogP contribution in [0.15, 0.2) is 18.2 Å². The van der Waals surface area contributed by atoms with Gasteiger partial charge in [-0.15, -0.1) is 0 Å². The molecule has 0 bridgehead atoms. The second-order valence-electron chi connectivity index (χ2n) is 7.38. The lowest BCUT2D eigenvalue weighted by molar-refractivity contribution is -0.137. The van der Waals surface area contributed by atoms with Crippen LogP contribution in [0.3, 0.4) is 0 Å². The zero-order valence-electron chi connectivity index (χ0n) is 16.8. The number of aromatic amines is 1. The van der Waals surface area contributed by atoms with E-state index in [1.807, 2.05) is 14.0 Å². The molecule has 1 fully saturated rings. The van der Waals surface area contributed by atoms with Crippen molar-refractivity contribution in [1.82, 2.24) is 25.6 Å². The second kappa shape index (κ2) is 9.14. The minimum Gasteiger partial charge on any atom is -0.376 e. The number of amides is 2. The average Bonchev–Trinajstić information content (AvgIpc) is 3.19. The molecule has 28 heavy (non-hydrogen) atoms. The molecule has 8 heteroatoms. The molecule has 2 amide bonds. The van der Waals surface area contributed by atoms with Crippen molar-refractivity contribution < 1.29 is 14.3 Å². The fraction of sp³-hybridized carbons (Fsp3) is 0.600. The number of carbonyl (C=O) groups is 2. The maximum atomic E-state index is 12.8. The highest BCUT2D eigenvalue weighted by Crippen LogP contribution is 2.29. The van der Waals surface area contributed by atoms with E-state index in [-0.39, 0.29) is 29.9 Å². The first-order valence-corrected chi connectivity index (χ1v) is 10.0. The highest BCUT2D eigenvalue weighted by atomic mass is 16.5. The average molecular weight is 387 g/mol. The quantitative estimate of drug-likeness (QED) is 0.758. The Kier molecular flexibility index (Phi) is 6.61. The molecule has 1 heterocycles. The van der Waals surface area contributed by atoms with Gasteiger partial charge in [0.2, 0.25) is 5.91 Å². The number of nitrogens with one attached hydrogen (secondary N) is 2. The predicted molar refractivity (Wildman–Crippen MR) is 106 cm³/mol. The lowest BCUT2D eigenvalue weighted by atomic mass is 9.82. The summed E-state index contributed by atoms with van der Waals surface area (Å²) in [4.78, 5) is 27.1. The first kappa shape index (κ1) is 20.3. The van der Waals surface area contributed by atoms with Crippen molar-refractivity contribution in [3.63, 3.8) is 0 Å². The Morgan fingerprint density at radius 2 is 2.04 bits per heavy atom. The van der Waals surface area contributed by atoms with Gasteiger partial charge in [-0.1, -0.05) is 6.92 Å². The van der Waals surface area contributed by atoms with Gasteiger partial charge in [-0.3, -0.25) is 9.59 Å². The molecule has 1 aromatic heterocycles. The third kappa shape index (κ3) is 4.49. The number of aromatic nitrogens is 3. The second-order valence-corrected chi connectivity index (χ2v) is 7.38. The SMILES string of the molecule is CCCO[C@@H]1C[C@@H](C(=O)N(C)CC)CC[C@H]1NC(=O)c1ccc2n[nH]nc2c1. The van der Waals surface area contributed by atoms with Crippen molar-refractivity contribution in [3.05, 3.63) is 23.8 Å². The highest BCUT2D eigenvalue weighted by Gasteiger charge is 2.36. The van der Waals surface area contributed by atoms with Gasteiger partial charge in [0.1, 0.15) is 11.0 Å². The number of ether oxygens (including phenoxy) is 1. The molecular weight excluding hydrogens is 358 g/mol. The fourth-order valence-corrected chi connectivity index (χ4v) is 3.67. The molecule has 1 aromatic carbocycles. The van der Waals surface area contributed by atoms with Crippen LogP contribution in [0, 0.1) is 5.92 Å². The van der Waals surface area contributed by atoms with Crippen LogP contribution in [0.5, 0.6) is 0 Å². The van der Waals surface area contributed by atoms with E-state index in [1.165, 1.54) is 0 Å². The predicted octanol–water partition coefficient (Wildman–Crippen LogP) is 2.13. The number of H-pyrrole nitrogens is 1. The summed E-state index contributed by atoms with van der Waals surface area (Å²) in [7, 11) is 1.83. The van der Waals surface area contributed by atoms with Gasteiger partial charge in [0.25, 0.3) is 5.91 Å². The van der Waals surface area contributed by atoms with Gasteiger partial charge in [-0.05, 0) is 50.8 Å². The van der Waals surface area contributed by atoms with E-state index in [9.17, 15) is 9.59 Å². The van der Waals surface area contributed by atoms with Crippen molar-refractivity contribution >= 4 is 22.8 Å². The van der Waals surface area contributed by atoms with E-state index < -0.39 is 0 Å². The van der Waals surface area contributed by atoms with E-state index in [0.29, 0.717) is 30.7 Å². The smallest absolute Gasteiger partial charge is 0.251 e. The van der Waals surface area contributed by atoms with Crippen LogP contribution in [-0.4, -0.2) is 64.5 Å². The maximum absolute atomic E-state index is 12.8. The number of hydrogen-bond acceptors (Lipinski definition) is 5. The Morgan fingerprint density at radius 1 is 1.25 bits per heavy atom. The Labute approximate surface area is 165 Å². The molecule has 2 N–H and O–H groups in total. The molecule has 3 rings (SSSR count). The number of hydrogen-bond donors (Lipinski definition) is 2. The lowest BCUT2D eigenvalue weighted by Crippen LogP contribution is -2.50. The molecule has 0 spiro atoms. The summed E-state index contributed by atoms with van der Waals surface area (Å²) in [5, 5.41) is 13.7. The van der Waals surface area contributed by atoms with Crippen molar-refractivity contribution in [1.29, 1.82) is 0 Å². The van der Waals surface area contributed by atoms with E-state index in [2.05, 4.69) is 27.7 Å². The van der Waals surface area contributed by atoms with E-state index in [0.717, 1.165) is 24.8 Å². The first-order chi connectivity index (χ1) is 13.5. The van der Waals surface area contributed by atoms with Crippen LogP contribution in [0.2, 0.25) is 0 Å². The minimum atomic E-state index is -0.160. The Bertz CT molecular complexity index is 821.